The van der Waals surface area contributed by atoms with E-state index in [4.69, 9.17) is 0 Å². The molecule has 0 bridgehead atoms. The Balaban J connectivity index is 1.49. The van der Waals surface area contributed by atoms with E-state index in [-0.39, 0.29) is 23.7 Å². The summed E-state index contributed by atoms with van der Waals surface area (Å²) in [6.45, 7) is 2.07. The highest BCUT2D eigenvalue weighted by Gasteiger charge is 2.42. The van der Waals surface area contributed by atoms with Gasteiger partial charge in [0, 0.05) is 23.9 Å². The number of hydrogen-bond acceptors (Lipinski definition) is 2. The van der Waals surface area contributed by atoms with Crippen molar-refractivity contribution >= 4 is 5.78 Å². The van der Waals surface area contributed by atoms with E-state index in [1.165, 1.54) is 36.1 Å². The van der Waals surface area contributed by atoms with Gasteiger partial charge in [-0.05, 0) is 48.1 Å². The lowest BCUT2D eigenvalue weighted by Crippen LogP contribution is -2.53. The SMILES string of the molecule is CC1C(=O)C2CCCCC2NC1c1ccc(Cc2ccc(F)cc2)cc1. The summed E-state index contributed by atoms with van der Waals surface area (Å²) in [5.41, 5.74) is 3.49. The average Bonchev–Trinajstić information content (AvgIpc) is 2.67. The Morgan fingerprint density at radius 3 is 2.27 bits per heavy atom. The van der Waals surface area contributed by atoms with E-state index >= 15 is 0 Å². The van der Waals surface area contributed by atoms with Gasteiger partial charge in [-0.2, -0.15) is 0 Å². The van der Waals surface area contributed by atoms with Gasteiger partial charge < -0.3 is 5.32 Å². The van der Waals surface area contributed by atoms with Gasteiger partial charge in [0.25, 0.3) is 0 Å². The molecule has 1 aliphatic heterocycles. The third-order valence-electron chi connectivity index (χ3n) is 6.13. The standard InChI is InChI=1S/C23H26FNO/c1-15-22(25-21-5-3-2-4-20(21)23(15)26)18-10-6-16(7-11-18)14-17-8-12-19(24)13-9-17/h6-13,15,20-22,25H,2-5,14H2,1H3. The molecule has 136 valence electrons. The minimum atomic E-state index is -0.202. The van der Waals surface area contributed by atoms with E-state index in [0.29, 0.717) is 11.8 Å². The number of fused-ring (bicyclic) bond motifs is 1. The molecular formula is C23H26FNO. The van der Waals surface area contributed by atoms with Crippen LogP contribution in [0.4, 0.5) is 4.39 Å². The topological polar surface area (TPSA) is 29.1 Å². The molecule has 2 aromatic carbocycles. The van der Waals surface area contributed by atoms with E-state index in [1.54, 1.807) is 0 Å². The predicted molar refractivity (Wildman–Crippen MR) is 101 cm³/mol. The lowest BCUT2D eigenvalue weighted by atomic mass is 9.71. The van der Waals surface area contributed by atoms with Gasteiger partial charge in [-0.1, -0.05) is 56.2 Å². The van der Waals surface area contributed by atoms with E-state index < -0.39 is 0 Å². The monoisotopic (exact) mass is 351 g/mol. The van der Waals surface area contributed by atoms with Gasteiger partial charge in [-0.3, -0.25) is 4.79 Å². The van der Waals surface area contributed by atoms with Crippen molar-refractivity contribution in [3.63, 3.8) is 0 Å². The molecule has 0 radical (unpaired) electrons. The maximum atomic E-state index is 13.0. The molecule has 1 heterocycles. The number of nitrogens with one attached hydrogen (secondary N) is 1. The molecule has 2 aliphatic rings. The lowest BCUT2D eigenvalue weighted by Gasteiger charge is -2.43. The maximum absolute atomic E-state index is 13.0. The van der Waals surface area contributed by atoms with Crippen LogP contribution in [0.15, 0.2) is 48.5 Å². The Hall–Kier alpha value is -2.00. The molecule has 2 nitrogen and oxygen atoms in total. The minimum absolute atomic E-state index is 0.0253. The number of benzene rings is 2. The molecule has 1 N–H and O–H groups in total. The first-order valence-corrected chi connectivity index (χ1v) is 9.75. The van der Waals surface area contributed by atoms with Gasteiger partial charge in [0.15, 0.2) is 0 Å². The van der Waals surface area contributed by atoms with Crippen LogP contribution in [0.25, 0.3) is 0 Å². The lowest BCUT2D eigenvalue weighted by molar-refractivity contribution is -0.132. The molecule has 0 aromatic heterocycles. The Morgan fingerprint density at radius 1 is 0.962 bits per heavy atom. The smallest absolute Gasteiger partial charge is 0.142 e. The van der Waals surface area contributed by atoms with Crippen LogP contribution in [0, 0.1) is 17.7 Å². The van der Waals surface area contributed by atoms with Gasteiger partial charge >= 0.3 is 0 Å². The van der Waals surface area contributed by atoms with Crippen LogP contribution in [0.5, 0.6) is 0 Å². The molecule has 4 unspecified atom stereocenters. The van der Waals surface area contributed by atoms with Gasteiger partial charge in [-0.25, -0.2) is 4.39 Å². The van der Waals surface area contributed by atoms with Gasteiger partial charge in [0.1, 0.15) is 11.6 Å². The Kier molecular flexibility index (Phi) is 4.90. The third kappa shape index (κ3) is 3.45. The number of ketones is 1. The number of carbonyl (C=O) groups excluding carboxylic acids is 1. The fourth-order valence-corrected chi connectivity index (χ4v) is 4.61. The predicted octanol–water partition coefficient (Wildman–Crippen LogP) is 4.82. The summed E-state index contributed by atoms with van der Waals surface area (Å²) < 4.78 is 13.0. The highest BCUT2D eigenvalue weighted by molar-refractivity contribution is 5.85. The summed E-state index contributed by atoms with van der Waals surface area (Å²) in [6.07, 6.45) is 5.35. The van der Waals surface area contributed by atoms with E-state index in [2.05, 4.69) is 36.5 Å². The fourth-order valence-electron chi connectivity index (χ4n) is 4.61. The summed E-state index contributed by atoms with van der Waals surface area (Å²) in [7, 11) is 0. The first-order valence-electron chi connectivity index (χ1n) is 9.75. The van der Waals surface area contributed by atoms with Crippen molar-refractivity contribution in [3.05, 3.63) is 71.0 Å². The number of halogens is 1. The quantitative estimate of drug-likeness (QED) is 0.858. The first kappa shape index (κ1) is 17.4. The van der Waals surface area contributed by atoms with E-state index in [0.717, 1.165) is 24.8 Å². The fraction of sp³-hybridized carbons (Fsp3) is 0.435. The number of hydrogen-bond donors (Lipinski definition) is 1. The van der Waals surface area contributed by atoms with Crippen LogP contribution in [0.1, 0.15) is 55.3 Å². The zero-order valence-electron chi connectivity index (χ0n) is 15.2. The molecule has 3 heteroatoms. The Morgan fingerprint density at radius 2 is 1.58 bits per heavy atom. The van der Waals surface area contributed by atoms with E-state index in [9.17, 15) is 9.18 Å². The zero-order chi connectivity index (χ0) is 18.1. The third-order valence-corrected chi connectivity index (χ3v) is 6.13. The highest BCUT2D eigenvalue weighted by atomic mass is 19.1. The van der Waals surface area contributed by atoms with Crippen LogP contribution in [0.2, 0.25) is 0 Å². The summed E-state index contributed by atoms with van der Waals surface area (Å²) in [5, 5.41) is 3.76. The summed E-state index contributed by atoms with van der Waals surface area (Å²) in [6, 6.07) is 15.7. The summed E-state index contributed by atoms with van der Waals surface area (Å²) in [4.78, 5) is 12.8. The molecule has 1 aliphatic carbocycles. The molecule has 2 aromatic rings. The molecule has 0 amide bonds. The number of carbonyl (C=O) groups is 1. The van der Waals surface area contributed by atoms with Crippen molar-refractivity contribution in [1.29, 1.82) is 0 Å². The largest absolute Gasteiger partial charge is 0.306 e. The second-order valence-corrected chi connectivity index (χ2v) is 7.88. The second kappa shape index (κ2) is 7.32. The van der Waals surface area contributed by atoms with Crippen molar-refractivity contribution in [1.82, 2.24) is 5.32 Å². The normalized spacial score (nSPS) is 28.6. The second-order valence-electron chi connectivity index (χ2n) is 7.88. The molecule has 4 atom stereocenters. The van der Waals surface area contributed by atoms with Gasteiger partial charge in [0.05, 0.1) is 0 Å². The minimum Gasteiger partial charge on any atom is -0.306 e. The van der Waals surface area contributed by atoms with Crippen molar-refractivity contribution in [2.75, 3.05) is 0 Å². The van der Waals surface area contributed by atoms with Crippen molar-refractivity contribution in [3.8, 4) is 0 Å². The van der Waals surface area contributed by atoms with Crippen molar-refractivity contribution in [2.45, 2.75) is 51.1 Å². The van der Waals surface area contributed by atoms with Crippen molar-refractivity contribution in [2.24, 2.45) is 11.8 Å². The molecule has 1 saturated heterocycles. The maximum Gasteiger partial charge on any atom is 0.142 e. The van der Waals surface area contributed by atoms with Crippen LogP contribution >= 0.6 is 0 Å². The molecule has 4 rings (SSSR count). The molecule has 0 spiro atoms. The van der Waals surface area contributed by atoms with Crippen LogP contribution in [-0.2, 0) is 11.2 Å². The number of rotatable bonds is 3. The van der Waals surface area contributed by atoms with Crippen LogP contribution in [0.3, 0.4) is 0 Å². The number of piperidine rings is 1. The summed E-state index contributed by atoms with van der Waals surface area (Å²) >= 11 is 0. The molecule has 2 fully saturated rings. The number of Topliss-reactive ketones (excluding diaryl/α,β-unsaturated/α-hetero) is 1. The van der Waals surface area contributed by atoms with Crippen LogP contribution in [-0.4, -0.2) is 11.8 Å². The van der Waals surface area contributed by atoms with E-state index in [1.807, 2.05) is 12.1 Å². The average molecular weight is 351 g/mol. The molecule has 26 heavy (non-hydrogen) atoms. The van der Waals surface area contributed by atoms with Crippen molar-refractivity contribution < 1.29 is 9.18 Å². The highest BCUT2D eigenvalue weighted by Crippen LogP contribution is 2.38. The zero-order valence-corrected chi connectivity index (χ0v) is 15.2. The Labute approximate surface area is 154 Å². The molecular weight excluding hydrogens is 325 g/mol. The molecule has 1 saturated carbocycles. The van der Waals surface area contributed by atoms with Gasteiger partial charge in [0.2, 0.25) is 0 Å². The van der Waals surface area contributed by atoms with Gasteiger partial charge in [-0.15, -0.1) is 0 Å². The Bertz CT molecular complexity index is 768. The van der Waals surface area contributed by atoms with Crippen LogP contribution < -0.4 is 5.32 Å². The first-order chi connectivity index (χ1) is 12.6. The summed E-state index contributed by atoms with van der Waals surface area (Å²) in [5.74, 6) is 0.478.